The van der Waals surface area contributed by atoms with E-state index in [1.165, 1.54) is 26.1 Å². The SMILES string of the molecule is CCOC(=O)c1ccc(-c2c(-c3ccccc3)sc3ccccc23)cc1. The van der Waals surface area contributed by atoms with E-state index in [0.717, 1.165) is 5.56 Å². The first-order chi connectivity index (χ1) is 12.8. The number of hydrogen-bond acceptors (Lipinski definition) is 3. The zero-order chi connectivity index (χ0) is 17.9. The first kappa shape index (κ1) is 16.6. The number of benzene rings is 3. The van der Waals surface area contributed by atoms with Crippen LogP contribution in [0.25, 0.3) is 31.7 Å². The van der Waals surface area contributed by atoms with Gasteiger partial charge in [-0.25, -0.2) is 4.79 Å². The van der Waals surface area contributed by atoms with Crippen LogP contribution < -0.4 is 0 Å². The van der Waals surface area contributed by atoms with Gasteiger partial charge in [0.1, 0.15) is 0 Å². The van der Waals surface area contributed by atoms with Crippen LogP contribution in [-0.2, 0) is 4.74 Å². The first-order valence-electron chi connectivity index (χ1n) is 8.62. The first-order valence-corrected chi connectivity index (χ1v) is 9.44. The summed E-state index contributed by atoms with van der Waals surface area (Å²) in [5.41, 5.74) is 4.11. The Labute approximate surface area is 156 Å². The second kappa shape index (κ2) is 7.14. The molecule has 0 fully saturated rings. The molecule has 0 aliphatic carbocycles. The summed E-state index contributed by atoms with van der Waals surface area (Å²) in [7, 11) is 0. The van der Waals surface area contributed by atoms with Crippen molar-refractivity contribution < 1.29 is 9.53 Å². The molecular weight excluding hydrogens is 340 g/mol. The van der Waals surface area contributed by atoms with E-state index in [2.05, 4.69) is 48.5 Å². The Kier molecular flexibility index (Phi) is 4.55. The van der Waals surface area contributed by atoms with Crippen molar-refractivity contribution >= 4 is 27.4 Å². The van der Waals surface area contributed by atoms with E-state index >= 15 is 0 Å². The van der Waals surface area contributed by atoms with Crippen LogP contribution in [0.5, 0.6) is 0 Å². The van der Waals surface area contributed by atoms with Crippen LogP contribution in [0.2, 0.25) is 0 Å². The number of rotatable bonds is 4. The fourth-order valence-electron chi connectivity index (χ4n) is 3.11. The minimum atomic E-state index is -0.280. The van der Waals surface area contributed by atoms with E-state index in [-0.39, 0.29) is 5.97 Å². The molecule has 0 atom stereocenters. The average molecular weight is 358 g/mol. The van der Waals surface area contributed by atoms with Crippen molar-refractivity contribution in [3.05, 3.63) is 84.4 Å². The Balaban J connectivity index is 1.86. The molecule has 2 nitrogen and oxygen atoms in total. The molecule has 4 aromatic rings. The second-order valence-corrected chi connectivity index (χ2v) is 7.02. The molecule has 0 unspecified atom stereocenters. The van der Waals surface area contributed by atoms with Crippen molar-refractivity contribution in [1.29, 1.82) is 0 Å². The molecular formula is C23H18O2S. The molecule has 0 amide bonds. The second-order valence-electron chi connectivity index (χ2n) is 5.97. The van der Waals surface area contributed by atoms with Crippen molar-refractivity contribution in [1.82, 2.24) is 0 Å². The molecule has 1 aromatic heterocycles. The monoisotopic (exact) mass is 358 g/mol. The molecule has 0 radical (unpaired) electrons. The highest BCUT2D eigenvalue weighted by atomic mass is 32.1. The van der Waals surface area contributed by atoms with Crippen LogP contribution >= 0.6 is 11.3 Å². The fraction of sp³-hybridized carbons (Fsp3) is 0.0870. The van der Waals surface area contributed by atoms with Crippen molar-refractivity contribution in [2.24, 2.45) is 0 Å². The van der Waals surface area contributed by atoms with Crippen molar-refractivity contribution in [3.63, 3.8) is 0 Å². The average Bonchev–Trinajstić information content (AvgIpc) is 3.08. The number of carbonyl (C=O) groups is 1. The molecule has 3 heteroatoms. The minimum Gasteiger partial charge on any atom is -0.462 e. The zero-order valence-electron chi connectivity index (χ0n) is 14.4. The number of fused-ring (bicyclic) bond motifs is 1. The molecule has 3 aromatic carbocycles. The molecule has 0 aliphatic heterocycles. The Morgan fingerprint density at radius 2 is 1.54 bits per heavy atom. The lowest BCUT2D eigenvalue weighted by Gasteiger charge is -2.07. The van der Waals surface area contributed by atoms with Gasteiger partial charge in [0.25, 0.3) is 0 Å². The summed E-state index contributed by atoms with van der Waals surface area (Å²) in [6, 6.07) is 26.6. The highest BCUT2D eigenvalue weighted by Gasteiger charge is 2.16. The minimum absolute atomic E-state index is 0.280. The summed E-state index contributed by atoms with van der Waals surface area (Å²) >= 11 is 1.80. The molecule has 0 spiro atoms. The maximum Gasteiger partial charge on any atom is 0.338 e. The van der Waals surface area contributed by atoms with Gasteiger partial charge in [0.15, 0.2) is 0 Å². The van der Waals surface area contributed by atoms with Crippen molar-refractivity contribution in [3.8, 4) is 21.6 Å². The molecule has 1 heterocycles. The van der Waals surface area contributed by atoms with Crippen molar-refractivity contribution in [2.75, 3.05) is 6.61 Å². The summed E-state index contributed by atoms with van der Waals surface area (Å²) in [5.74, 6) is -0.280. The summed E-state index contributed by atoms with van der Waals surface area (Å²) in [6.45, 7) is 2.20. The highest BCUT2D eigenvalue weighted by Crippen LogP contribution is 2.44. The Bertz CT molecular complexity index is 1050. The van der Waals surface area contributed by atoms with Crippen LogP contribution in [0.15, 0.2) is 78.9 Å². The number of esters is 1. The van der Waals surface area contributed by atoms with Gasteiger partial charge in [0, 0.05) is 20.5 Å². The zero-order valence-corrected chi connectivity index (χ0v) is 15.3. The number of thiophene rings is 1. The van der Waals surface area contributed by atoms with E-state index in [1.54, 1.807) is 11.3 Å². The lowest BCUT2D eigenvalue weighted by atomic mass is 9.98. The summed E-state index contributed by atoms with van der Waals surface area (Å²) < 4.78 is 6.34. The summed E-state index contributed by atoms with van der Waals surface area (Å²) in [6.07, 6.45) is 0. The molecule has 0 saturated heterocycles. The maximum absolute atomic E-state index is 11.9. The van der Waals surface area contributed by atoms with Crippen LogP contribution in [0, 0.1) is 0 Å². The third kappa shape index (κ3) is 3.02. The van der Waals surface area contributed by atoms with Gasteiger partial charge in [-0.05, 0) is 36.2 Å². The molecule has 0 bridgehead atoms. The lowest BCUT2D eigenvalue weighted by molar-refractivity contribution is 0.0526. The van der Waals surface area contributed by atoms with E-state index in [1.807, 2.05) is 37.3 Å². The number of carbonyl (C=O) groups excluding carboxylic acids is 1. The van der Waals surface area contributed by atoms with Crippen LogP contribution in [-0.4, -0.2) is 12.6 Å². The van der Waals surface area contributed by atoms with Gasteiger partial charge < -0.3 is 4.74 Å². The molecule has 26 heavy (non-hydrogen) atoms. The third-order valence-electron chi connectivity index (χ3n) is 4.32. The van der Waals surface area contributed by atoms with Gasteiger partial charge in [0.05, 0.1) is 12.2 Å². The highest BCUT2D eigenvalue weighted by molar-refractivity contribution is 7.23. The van der Waals surface area contributed by atoms with E-state index in [9.17, 15) is 4.79 Å². The normalized spacial score (nSPS) is 10.8. The van der Waals surface area contributed by atoms with Crippen LogP contribution in [0.1, 0.15) is 17.3 Å². The number of ether oxygens (including phenoxy) is 1. The summed E-state index contributed by atoms with van der Waals surface area (Å²) in [5, 5.41) is 1.24. The quantitative estimate of drug-likeness (QED) is 0.394. The molecule has 0 N–H and O–H groups in total. The van der Waals surface area contributed by atoms with E-state index < -0.39 is 0 Å². The summed E-state index contributed by atoms with van der Waals surface area (Å²) in [4.78, 5) is 13.2. The largest absolute Gasteiger partial charge is 0.462 e. The van der Waals surface area contributed by atoms with Gasteiger partial charge in [-0.2, -0.15) is 0 Å². The number of hydrogen-bond donors (Lipinski definition) is 0. The topological polar surface area (TPSA) is 26.3 Å². The Morgan fingerprint density at radius 1 is 0.846 bits per heavy atom. The third-order valence-corrected chi connectivity index (χ3v) is 5.54. The molecule has 0 saturated carbocycles. The van der Waals surface area contributed by atoms with Crippen molar-refractivity contribution in [2.45, 2.75) is 6.92 Å². The fourth-order valence-corrected chi connectivity index (χ4v) is 4.34. The standard InChI is InChI=1S/C23H18O2S/c1-2-25-23(24)18-14-12-16(13-15-18)21-19-10-6-7-11-20(19)26-22(21)17-8-4-3-5-9-17/h3-15H,2H2,1H3. The Hall–Kier alpha value is -2.91. The van der Waals surface area contributed by atoms with E-state index in [0.29, 0.717) is 12.2 Å². The van der Waals surface area contributed by atoms with E-state index in [4.69, 9.17) is 4.74 Å². The Morgan fingerprint density at radius 3 is 2.27 bits per heavy atom. The lowest BCUT2D eigenvalue weighted by Crippen LogP contribution is -2.03. The van der Waals surface area contributed by atoms with Gasteiger partial charge in [-0.1, -0.05) is 60.7 Å². The van der Waals surface area contributed by atoms with Gasteiger partial charge >= 0.3 is 5.97 Å². The van der Waals surface area contributed by atoms with Gasteiger partial charge in [-0.15, -0.1) is 11.3 Å². The maximum atomic E-state index is 11.9. The predicted octanol–water partition coefficient (Wildman–Crippen LogP) is 6.41. The predicted molar refractivity (Wildman–Crippen MR) is 109 cm³/mol. The molecule has 0 aliphatic rings. The van der Waals surface area contributed by atoms with Crippen LogP contribution in [0.4, 0.5) is 0 Å². The smallest absolute Gasteiger partial charge is 0.338 e. The van der Waals surface area contributed by atoms with Gasteiger partial charge in [-0.3, -0.25) is 0 Å². The molecule has 4 rings (SSSR count). The molecule has 128 valence electrons. The van der Waals surface area contributed by atoms with Gasteiger partial charge in [0.2, 0.25) is 0 Å². The van der Waals surface area contributed by atoms with Crippen LogP contribution in [0.3, 0.4) is 0 Å².